The molecular formula is C21H19I2NO5S. The van der Waals surface area contributed by atoms with Crippen molar-refractivity contribution in [1.29, 1.82) is 0 Å². The molecule has 9 heteroatoms. The fourth-order valence-electron chi connectivity index (χ4n) is 2.77. The van der Waals surface area contributed by atoms with E-state index in [4.69, 9.17) is 14.2 Å². The number of hydrogen-bond acceptors (Lipinski definition) is 6. The van der Waals surface area contributed by atoms with E-state index in [1.54, 1.807) is 25.3 Å². The SMILES string of the molecule is CCOc1c(I)cc(/C=C2\SC(=O)N(CCOc3ccccc3OC)C2=O)cc1I. The fourth-order valence-corrected chi connectivity index (χ4v) is 5.77. The van der Waals surface area contributed by atoms with Crippen molar-refractivity contribution in [2.45, 2.75) is 6.92 Å². The molecule has 0 aromatic heterocycles. The Kier molecular flexibility index (Phi) is 8.28. The van der Waals surface area contributed by atoms with Crippen LogP contribution in [0.2, 0.25) is 0 Å². The lowest BCUT2D eigenvalue weighted by atomic mass is 10.2. The number of rotatable bonds is 8. The molecule has 1 aliphatic heterocycles. The average molecular weight is 651 g/mol. The molecule has 2 amide bonds. The van der Waals surface area contributed by atoms with E-state index in [1.165, 1.54) is 4.90 Å². The summed E-state index contributed by atoms with van der Waals surface area (Å²) in [6, 6.07) is 11.1. The summed E-state index contributed by atoms with van der Waals surface area (Å²) in [7, 11) is 1.56. The van der Waals surface area contributed by atoms with Gasteiger partial charge in [0, 0.05) is 0 Å². The lowest BCUT2D eigenvalue weighted by Gasteiger charge is -2.14. The van der Waals surface area contributed by atoms with Crippen molar-refractivity contribution < 1.29 is 23.8 Å². The highest BCUT2D eigenvalue weighted by molar-refractivity contribution is 14.1. The molecule has 158 valence electrons. The first-order valence-electron chi connectivity index (χ1n) is 9.07. The Morgan fingerprint density at radius 3 is 2.37 bits per heavy atom. The maximum Gasteiger partial charge on any atom is 0.293 e. The second kappa shape index (κ2) is 10.7. The third-order valence-electron chi connectivity index (χ3n) is 4.12. The zero-order valence-electron chi connectivity index (χ0n) is 16.3. The molecule has 0 N–H and O–H groups in total. The van der Waals surface area contributed by atoms with Crippen molar-refractivity contribution in [3.05, 3.63) is 54.0 Å². The number of hydrogen-bond donors (Lipinski definition) is 0. The van der Waals surface area contributed by atoms with Gasteiger partial charge in [0.25, 0.3) is 11.1 Å². The number of halogens is 2. The van der Waals surface area contributed by atoms with Crippen molar-refractivity contribution >= 4 is 74.2 Å². The van der Waals surface area contributed by atoms with Crippen LogP contribution in [0.15, 0.2) is 41.3 Å². The van der Waals surface area contributed by atoms with Crippen LogP contribution in [-0.2, 0) is 4.79 Å². The van der Waals surface area contributed by atoms with E-state index in [1.807, 2.05) is 31.2 Å². The minimum atomic E-state index is -0.312. The highest BCUT2D eigenvalue weighted by atomic mass is 127. The van der Waals surface area contributed by atoms with Gasteiger partial charge in [0.2, 0.25) is 0 Å². The Morgan fingerprint density at radius 2 is 1.73 bits per heavy atom. The Morgan fingerprint density at radius 1 is 1.07 bits per heavy atom. The highest BCUT2D eigenvalue weighted by Gasteiger charge is 2.34. The number of carbonyl (C=O) groups is 2. The molecule has 0 unspecified atom stereocenters. The van der Waals surface area contributed by atoms with Crippen LogP contribution in [-0.4, -0.2) is 42.9 Å². The molecule has 30 heavy (non-hydrogen) atoms. The van der Waals surface area contributed by atoms with Gasteiger partial charge in [-0.05, 0) is 99.8 Å². The summed E-state index contributed by atoms with van der Waals surface area (Å²) in [6.45, 7) is 2.87. The van der Waals surface area contributed by atoms with Gasteiger partial charge in [-0.3, -0.25) is 14.5 Å². The molecule has 0 radical (unpaired) electrons. The van der Waals surface area contributed by atoms with Crippen LogP contribution in [0.25, 0.3) is 6.08 Å². The van der Waals surface area contributed by atoms with Crippen molar-refractivity contribution in [2.24, 2.45) is 0 Å². The largest absolute Gasteiger partial charge is 0.493 e. The van der Waals surface area contributed by atoms with Gasteiger partial charge in [-0.2, -0.15) is 0 Å². The first-order chi connectivity index (χ1) is 14.4. The predicted octanol–water partition coefficient (Wildman–Crippen LogP) is 5.42. The van der Waals surface area contributed by atoms with E-state index in [0.717, 1.165) is 30.2 Å². The van der Waals surface area contributed by atoms with Crippen LogP contribution in [0.3, 0.4) is 0 Å². The van der Waals surface area contributed by atoms with Crippen molar-refractivity contribution in [1.82, 2.24) is 4.90 Å². The van der Waals surface area contributed by atoms with E-state index in [2.05, 4.69) is 45.2 Å². The van der Waals surface area contributed by atoms with Crippen LogP contribution in [0, 0.1) is 7.14 Å². The summed E-state index contributed by atoms with van der Waals surface area (Å²) >= 11 is 5.36. The van der Waals surface area contributed by atoms with E-state index in [-0.39, 0.29) is 24.3 Å². The Labute approximate surface area is 206 Å². The molecule has 0 saturated carbocycles. The predicted molar refractivity (Wildman–Crippen MR) is 134 cm³/mol. The summed E-state index contributed by atoms with van der Waals surface area (Å²) < 4.78 is 18.5. The molecule has 0 aliphatic carbocycles. The fraction of sp³-hybridized carbons (Fsp3) is 0.238. The quantitative estimate of drug-likeness (QED) is 0.281. The van der Waals surface area contributed by atoms with Crippen molar-refractivity contribution in [3.63, 3.8) is 0 Å². The minimum absolute atomic E-state index is 0.165. The first-order valence-corrected chi connectivity index (χ1v) is 12.0. The van der Waals surface area contributed by atoms with Crippen LogP contribution < -0.4 is 14.2 Å². The van der Waals surface area contributed by atoms with Gasteiger partial charge in [0.15, 0.2) is 11.5 Å². The maximum atomic E-state index is 12.7. The summed E-state index contributed by atoms with van der Waals surface area (Å²) in [5.41, 5.74) is 0.850. The van der Waals surface area contributed by atoms with Crippen LogP contribution in [0.4, 0.5) is 4.79 Å². The summed E-state index contributed by atoms with van der Waals surface area (Å²) in [5.74, 6) is 1.69. The van der Waals surface area contributed by atoms with Gasteiger partial charge in [-0.1, -0.05) is 12.1 Å². The summed E-state index contributed by atoms with van der Waals surface area (Å²) in [5, 5.41) is -0.301. The number of para-hydroxylation sites is 2. The standard InChI is InChI=1S/C21H19I2NO5S/c1-3-28-19-14(22)10-13(11-15(19)23)12-18-20(25)24(21(26)30-18)8-9-29-17-7-5-4-6-16(17)27-2/h4-7,10-12H,3,8-9H2,1-2H3/b18-12-. The van der Waals surface area contributed by atoms with Crippen molar-refractivity contribution in [3.8, 4) is 17.2 Å². The zero-order valence-corrected chi connectivity index (χ0v) is 21.4. The maximum absolute atomic E-state index is 12.7. The van der Waals surface area contributed by atoms with E-state index in [0.29, 0.717) is 23.0 Å². The van der Waals surface area contributed by atoms with Gasteiger partial charge in [0.1, 0.15) is 12.4 Å². The number of carbonyl (C=O) groups excluding carboxylic acids is 2. The molecule has 6 nitrogen and oxygen atoms in total. The van der Waals surface area contributed by atoms with Crippen molar-refractivity contribution in [2.75, 3.05) is 26.9 Å². The second-order valence-corrected chi connectivity index (χ2v) is 9.40. The number of benzene rings is 2. The Hall–Kier alpha value is -1.47. The number of amides is 2. The molecule has 0 bridgehead atoms. The number of nitrogens with zero attached hydrogens (tertiary/aromatic N) is 1. The number of ether oxygens (including phenoxy) is 3. The Balaban J connectivity index is 1.68. The third kappa shape index (κ3) is 5.41. The number of imide groups is 1. The molecule has 0 spiro atoms. The molecule has 2 aromatic rings. The second-order valence-electron chi connectivity index (χ2n) is 6.08. The van der Waals surface area contributed by atoms with Crippen LogP contribution in [0.5, 0.6) is 17.2 Å². The topological polar surface area (TPSA) is 65.1 Å². The van der Waals surface area contributed by atoms with Gasteiger partial charge in [-0.15, -0.1) is 0 Å². The lowest BCUT2D eigenvalue weighted by Crippen LogP contribution is -2.32. The number of methoxy groups -OCH3 is 1. The molecule has 3 rings (SSSR count). The zero-order chi connectivity index (χ0) is 21.7. The van der Waals surface area contributed by atoms with Gasteiger partial charge < -0.3 is 14.2 Å². The molecule has 1 heterocycles. The van der Waals surface area contributed by atoms with E-state index >= 15 is 0 Å². The van der Waals surface area contributed by atoms with Crippen LogP contribution >= 0.6 is 56.9 Å². The molecule has 0 atom stereocenters. The highest BCUT2D eigenvalue weighted by Crippen LogP contribution is 2.35. The van der Waals surface area contributed by atoms with Gasteiger partial charge in [-0.25, -0.2) is 0 Å². The van der Waals surface area contributed by atoms with Crippen LogP contribution in [0.1, 0.15) is 12.5 Å². The Bertz CT molecular complexity index is 972. The average Bonchev–Trinajstić information content (AvgIpc) is 2.98. The normalized spacial score (nSPS) is 15.1. The number of thioether (sulfide) groups is 1. The summed E-state index contributed by atoms with van der Waals surface area (Å²) in [4.78, 5) is 26.7. The lowest BCUT2D eigenvalue weighted by molar-refractivity contribution is -0.123. The third-order valence-corrected chi connectivity index (χ3v) is 6.63. The minimum Gasteiger partial charge on any atom is -0.493 e. The molecule has 1 aliphatic rings. The van der Waals surface area contributed by atoms with Gasteiger partial charge in [0.05, 0.1) is 32.3 Å². The molecule has 2 aromatic carbocycles. The smallest absolute Gasteiger partial charge is 0.293 e. The first kappa shape index (κ1) is 23.2. The molecular weight excluding hydrogens is 632 g/mol. The molecule has 1 fully saturated rings. The van der Waals surface area contributed by atoms with Gasteiger partial charge >= 0.3 is 0 Å². The van der Waals surface area contributed by atoms with E-state index in [9.17, 15) is 9.59 Å². The molecule has 1 saturated heterocycles. The monoisotopic (exact) mass is 651 g/mol. The van der Waals surface area contributed by atoms with E-state index < -0.39 is 0 Å². The summed E-state index contributed by atoms with van der Waals surface area (Å²) in [6.07, 6.45) is 1.74.